The van der Waals surface area contributed by atoms with Crippen molar-refractivity contribution in [3.05, 3.63) is 62.1 Å². The van der Waals surface area contributed by atoms with E-state index in [-0.39, 0.29) is 17.1 Å². The van der Waals surface area contributed by atoms with Gasteiger partial charge in [-0.1, -0.05) is 6.07 Å². The third-order valence-electron chi connectivity index (χ3n) is 5.82. The Morgan fingerprint density at radius 1 is 1.16 bits per heavy atom. The summed E-state index contributed by atoms with van der Waals surface area (Å²) < 4.78 is 17.0. The molecule has 3 aromatic rings. The van der Waals surface area contributed by atoms with Crippen molar-refractivity contribution in [3.63, 3.8) is 0 Å². The summed E-state index contributed by atoms with van der Waals surface area (Å²) in [4.78, 5) is 31.9. The molecule has 31 heavy (non-hydrogen) atoms. The molecule has 7 nitrogen and oxygen atoms in total. The molecule has 1 unspecified atom stereocenters. The molecule has 0 spiro atoms. The first-order valence-corrected chi connectivity index (χ1v) is 11.4. The van der Waals surface area contributed by atoms with Crippen LogP contribution in [0.3, 0.4) is 0 Å². The lowest BCUT2D eigenvalue weighted by Gasteiger charge is -2.30. The van der Waals surface area contributed by atoms with Crippen LogP contribution in [0.15, 0.2) is 44.9 Å². The Kier molecular flexibility index (Phi) is 5.52. The van der Waals surface area contributed by atoms with Crippen LogP contribution in [0.25, 0.3) is 11.0 Å². The first-order chi connectivity index (χ1) is 15.2. The maximum absolute atomic E-state index is 13.5. The van der Waals surface area contributed by atoms with Gasteiger partial charge in [0, 0.05) is 37.1 Å². The van der Waals surface area contributed by atoms with Gasteiger partial charge in [-0.15, -0.1) is 11.3 Å². The highest BCUT2D eigenvalue weighted by atomic mass is 32.1. The molecule has 0 bridgehead atoms. The third kappa shape index (κ3) is 3.64. The fourth-order valence-electron chi connectivity index (χ4n) is 4.30. The fraction of sp³-hybridized carbons (Fsp3) is 0.391. The minimum absolute atomic E-state index is 0.145. The zero-order valence-electron chi connectivity index (χ0n) is 17.3. The summed E-state index contributed by atoms with van der Waals surface area (Å²) >= 11 is 1.55. The van der Waals surface area contributed by atoms with Crippen molar-refractivity contribution in [2.75, 3.05) is 46.0 Å². The number of hydrogen-bond acceptors (Lipinski definition) is 7. The highest BCUT2D eigenvalue weighted by Gasteiger charge is 2.43. The lowest BCUT2D eigenvalue weighted by Crippen LogP contribution is -2.42. The molecule has 1 atom stereocenters. The normalized spacial score (nSPS) is 19.2. The molecule has 1 saturated heterocycles. The molecule has 0 saturated carbocycles. The smallest absolute Gasteiger partial charge is 0.290 e. The zero-order valence-corrected chi connectivity index (χ0v) is 18.2. The molecular weight excluding hydrogens is 416 g/mol. The van der Waals surface area contributed by atoms with Crippen LogP contribution >= 0.6 is 11.3 Å². The van der Waals surface area contributed by atoms with Gasteiger partial charge in [-0.25, -0.2) is 0 Å². The van der Waals surface area contributed by atoms with E-state index in [1.165, 1.54) is 0 Å². The van der Waals surface area contributed by atoms with Gasteiger partial charge in [0.25, 0.3) is 5.91 Å². The number of nitrogens with zero attached hydrogens (tertiary/aromatic N) is 2. The number of carbonyl (C=O) groups is 1. The molecule has 1 amide bonds. The predicted octanol–water partition coefficient (Wildman–Crippen LogP) is 3.13. The van der Waals surface area contributed by atoms with Crippen molar-refractivity contribution in [3.8, 4) is 5.75 Å². The predicted molar refractivity (Wildman–Crippen MR) is 118 cm³/mol. The quantitative estimate of drug-likeness (QED) is 0.587. The summed E-state index contributed by atoms with van der Waals surface area (Å²) in [5, 5.41) is 2.43. The van der Waals surface area contributed by atoms with Crippen LogP contribution in [0, 0.1) is 0 Å². The Balaban J connectivity index is 1.56. The van der Waals surface area contributed by atoms with Gasteiger partial charge in [0.15, 0.2) is 5.43 Å². The number of ether oxygens (including phenoxy) is 2. The Morgan fingerprint density at radius 2 is 2.00 bits per heavy atom. The van der Waals surface area contributed by atoms with Crippen molar-refractivity contribution in [1.29, 1.82) is 0 Å². The largest absolute Gasteiger partial charge is 0.494 e. The summed E-state index contributed by atoms with van der Waals surface area (Å²) in [6, 6.07) is 8.67. The average Bonchev–Trinajstić information content (AvgIpc) is 3.40. The monoisotopic (exact) mass is 440 g/mol. The van der Waals surface area contributed by atoms with Crippen LogP contribution in [0.4, 0.5) is 0 Å². The first-order valence-electron chi connectivity index (χ1n) is 10.6. The number of rotatable bonds is 6. The fourth-order valence-corrected chi connectivity index (χ4v) is 5.15. The number of amides is 1. The highest BCUT2D eigenvalue weighted by Crippen LogP contribution is 2.40. The van der Waals surface area contributed by atoms with E-state index in [1.807, 2.05) is 24.4 Å². The molecule has 1 fully saturated rings. The minimum Gasteiger partial charge on any atom is -0.494 e. The summed E-state index contributed by atoms with van der Waals surface area (Å²) in [7, 11) is 0. The molecule has 4 heterocycles. The number of carbonyl (C=O) groups excluding carboxylic acids is 1. The zero-order chi connectivity index (χ0) is 21.4. The Hall–Kier alpha value is -2.68. The topological polar surface area (TPSA) is 72.2 Å². The second kappa shape index (κ2) is 8.45. The van der Waals surface area contributed by atoms with Crippen molar-refractivity contribution >= 4 is 28.2 Å². The minimum atomic E-state index is -0.421. The van der Waals surface area contributed by atoms with Crippen molar-refractivity contribution in [2.24, 2.45) is 0 Å². The molecule has 0 N–H and O–H groups in total. The van der Waals surface area contributed by atoms with Crippen molar-refractivity contribution in [1.82, 2.24) is 9.80 Å². The molecule has 1 aromatic carbocycles. The molecule has 2 aromatic heterocycles. The molecule has 0 aliphatic carbocycles. The summed E-state index contributed by atoms with van der Waals surface area (Å²) in [5.74, 6) is 0.525. The van der Waals surface area contributed by atoms with E-state index < -0.39 is 6.04 Å². The van der Waals surface area contributed by atoms with Crippen LogP contribution in [-0.2, 0) is 4.74 Å². The van der Waals surface area contributed by atoms with Gasteiger partial charge in [0.05, 0.1) is 36.8 Å². The van der Waals surface area contributed by atoms with Crippen LogP contribution < -0.4 is 10.2 Å². The maximum atomic E-state index is 13.5. The third-order valence-corrected chi connectivity index (χ3v) is 6.75. The van der Waals surface area contributed by atoms with E-state index in [2.05, 4.69) is 4.90 Å². The standard InChI is InChI=1S/C23H24N2O5S/c1-2-29-15-5-6-16-17(14-15)30-22-19(21(16)26)20(18-4-3-13-31-18)25(23(22)27)8-7-24-9-11-28-12-10-24/h3-6,13-14,20H,2,7-12H2,1H3. The molecule has 5 rings (SSSR count). The van der Waals surface area contributed by atoms with E-state index >= 15 is 0 Å². The second-order valence-corrected chi connectivity index (χ2v) is 8.61. The SMILES string of the molecule is CCOc1ccc2c(=O)c3c(oc2c1)C(=O)N(CCN1CCOCC1)C3c1cccs1. The van der Waals surface area contributed by atoms with Crippen LogP contribution in [-0.4, -0.2) is 61.7 Å². The Labute approximate surface area is 183 Å². The van der Waals surface area contributed by atoms with Gasteiger partial charge in [-0.05, 0) is 30.5 Å². The lowest BCUT2D eigenvalue weighted by molar-refractivity contribution is 0.0315. The van der Waals surface area contributed by atoms with Crippen LogP contribution in [0.5, 0.6) is 5.75 Å². The summed E-state index contributed by atoms with van der Waals surface area (Å²) in [5.41, 5.74) is 0.661. The van der Waals surface area contributed by atoms with E-state index in [0.717, 1.165) is 24.5 Å². The first kappa shape index (κ1) is 20.2. The average molecular weight is 441 g/mol. The van der Waals surface area contributed by atoms with E-state index in [1.54, 1.807) is 34.4 Å². The van der Waals surface area contributed by atoms with Crippen LogP contribution in [0.1, 0.15) is 34.0 Å². The van der Waals surface area contributed by atoms with Gasteiger partial charge < -0.3 is 18.8 Å². The number of thiophene rings is 1. The van der Waals surface area contributed by atoms with Crippen LogP contribution in [0.2, 0.25) is 0 Å². The number of fused-ring (bicyclic) bond motifs is 2. The lowest BCUT2D eigenvalue weighted by atomic mass is 10.0. The van der Waals surface area contributed by atoms with Gasteiger partial charge in [-0.2, -0.15) is 0 Å². The number of hydrogen-bond donors (Lipinski definition) is 0. The maximum Gasteiger partial charge on any atom is 0.290 e. The molecule has 2 aliphatic heterocycles. The molecule has 162 valence electrons. The van der Waals surface area contributed by atoms with E-state index in [4.69, 9.17) is 13.9 Å². The number of morpholine rings is 1. The van der Waals surface area contributed by atoms with E-state index in [0.29, 0.717) is 48.6 Å². The van der Waals surface area contributed by atoms with Gasteiger partial charge in [0.1, 0.15) is 11.3 Å². The Morgan fingerprint density at radius 3 is 2.74 bits per heavy atom. The Bertz CT molecular complexity index is 1150. The molecule has 0 radical (unpaired) electrons. The highest BCUT2D eigenvalue weighted by molar-refractivity contribution is 7.10. The molecular formula is C23H24N2O5S. The van der Waals surface area contributed by atoms with Gasteiger partial charge in [0.2, 0.25) is 5.76 Å². The van der Waals surface area contributed by atoms with Gasteiger partial charge >= 0.3 is 0 Å². The number of benzene rings is 1. The summed E-state index contributed by atoms with van der Waals surface area (Å²) in [6.45, 7) is 6.75. The van der Waals surface area contributed by atoms with Crippen molar-refractivity contribution < 1.29 is 18.7 Å². The van der Waals surface area contributed by atoms with E-state index in [9.17, 15) is 9.59 Å². The van der Waals surface area contributed by atoms with Gasteiger partial charge in [-0.3, -0.25) is 14.5 Å². The second-order valence-electron chi connectivity index (χ2n) is 7.64. The molecule has 2 aliphatic rings. The van der Waals surface area contributed by atoms with Crippen molar-refractivity contribution in [2.45, 2.75) is 13.0 Å². The molecule has 8 heteroatoms. The summed E-state index contributed by atoms with van der Waals surface area (Å²) in [6.07, 6.45) is 0.